The van der Waals surface area contributed by atoms with Gasteiger partial charge >= 0.3 is 0 Å². The molecule has 12 aromatic rings. The van der Waals surface area contributed by atoms with Gasteiger partial charge in [-0.3, -0.25) is 0 Å². The fraction of sp³-hybridized carbons (Fsp3) is 0.0526. The van der Waals surface area contributed by atoms with Crippen LogP contribution in [-0.2, 0) is 5.41 Å². The zero-order valence-corrected chi connectivity index (χ0v) is 32.2. The Bertz CT molecular complexity index is 3710. The van der Waals surface area contributed by atoms with Gasteiger partial charge in [-0.25, -0.2) is 0 Å². The van der Waals surface area contributed by atoms with Crippen molar-refractivity contribution in [2.75, 3.05) is 0 Å². The number of rotatable bonds is 2. The molecule has 0 aliphatic heterocycles. The lowest BCUT2D eigenvalue weighted by atomic mass is 9.77. The molecule has 0 atom stereocenters. The lowest BCUT2D eigenvalue weighted by Crippen LogP contribution is -2.16. The maximum Gasteiger partial charge on any atom is 0.136 e. The molecule has 1 aliphatic rings. The Morgan fingerprint density at radius 1 is 0.345 bits per heavy atom. The smallest absolute Gasteiger partial charge is 0.136 e. The first-order chi connectivity index (χ1) is 28.6. The second-order valence-electron chi connectivity index (χ2n) is 16.7. The van der Waals surface area contributed by atoms with E-state index in [1.54, 1.807) is 0 Å². The number of benzene rings is 11. The van der Waals surface area contributed by atoms with E-state index in [0.717, 1.165) is 16.6 Å². The Hall–Kier alpha value is -7.22. The summed E-state index contributed by atoms with van der Waals surface area (Å²) < 4.78 is 6.47. The van der Waals surface area contributed by atoms with E-state index in [9.17, 15) is 0 Å². The summed E-state index contributed by atoms with van der Waals surface area (Å²) in [6.45, 7) is 4.88. The van der Waals surface area contributed by atoms with E-state index < -0.39 is 0 Å². The fourth-order valence-corrected chi connectivity index (χ4v) is 11.0. The van der Waals surface area contributed by atoms with E-state index in [4.69, 9.17) is 4.42 Å². The number of hydrogen-bond donors (Lipinski definition) is 0. The molecule has 0 saturated heterocycles. The molecule has 0 N–H and O–H groups in total. The Labute approximate surface area is 335 Å². The van der Waals surface area contributed by atoms with Crippen LogP contribution >= 0.6 is 0 Å². The van der Waals surface area contributed by atoms with Gasteiger partial charge in [0.05, 0.1) is 0 Å². The summed E-state index contributed by atoms with van der Waals surface area (Å²) in [5.74, 6) is 0. The Morgan fingerprint density at radius 2 is 0.828 bits per heavy atom. The van der Waals surface area contributed by atoms with Crippen LogP contribution in [0.3, 0.4) is 0 Å². The van der Waals surface area contributed by atoms with Crippen molar-refractivity contribution in [3.05, 3.63) is 193 Å². The molecule has 0 saturated carbocycles. The third kappa shape index (κ3) is 4.10. The van der Waals surface area contributed by atoms with Gasteiger partial charge in [0.25, 0.3) is 0 Å². The number of fused-ring (bicyclic) bond motifs is 17. The van der Waals surface area contributed by atoms with Crippen molar-refractivity contribution < 1.29 is 4.42 Å². The molecule has 11 aromatic carbocycles. The third-order valence-corrected chi connectivity index (χ3v) is 13.4. The summed E-state index contributed by atoms with van der Waals surface area (Å²) >= 11 is 0. The molecule has 0 bridgehead atoms. The summed E-state index contributed by atoms with van der Waals surface area (Å²) in [6.07, 6.45) is 0. The molecular formula is C57H36O. The predicted octanol–water partition coefficient (Wildman–Crippen LogP) is 16.1. The lowest BCUT2D eigenvalue weighted by Gasteiger charge is -2.25. The molecule has 0 amide bonds. The topological polar surface area (TPSA) is 13.1 Å². The van der Waals surface area contributed by atoms with E-state index in [1.165, 1.54) is 115 Å². The van der Waals surface area contributed by atoms with Gasteiger partial charge in [0, 0.05) is 16.2 Å². The van der Waals surface area contributed by atoms with Crippen LogP contribution in [0.2, 0.25) is 0 Å². The van der Waals surface area contributed by atoms with Gasteiger partial charge in [0.2, 0.25) is 0 Å². The van der Waals surface area contributed by atoms with Crippen molar-refractivity contribution >= 4 is 86.6 Å². The van der Waals surface area contributed by atoms with Crippen LogP contribution < -0.4 is 0 Å². The molecule has 1 nitrogen and oxygen atoms in total. The van der Waals surface area contributed by atoms with Crippen LogP contribution in [0.1, 0.15) is 25.0 Å². The average molecular weight is 737 g/mol. The second kappa shape index (κ2) is 11.4. The molecular weight excluding hydrogens is 701 g/mol. The van der Waals surface area contributed by atoms with Gasteiger partial charge in [0.1, 0.15) is 11.2 Å². The minimum absolute atomic E-state index is 0.231. The largest absolute Gasteiger partial charge is 0.456 e. The fourth-order valence-electron chi connectivity index (χ4n) is 11.0. The zero-order chi connectivity index (χ0) is 38.3. The summed E-state index contributed by atoms with van der Waals surface area (Å²) in [7, 11) is 0. The van der Waals surface area contributed by atoms with E-state index in [2.05, 4.69) is 196 Å². The minimum atomic E-state index is -0.231. The Balaban J connectivity index is 1.13. The van der Waals surface area contributed by atoms with E-state index >= 15 is 0 Å². The standard InChI is InChI=1S/C57H36O/c1-57(2)48-32-46(38-19-6-8-20-39(38)54(48)55-40-21-9-5-17-36(40)37-18-7-14-26-45(37)56(55)57)52-43-24-12-10-22-41(43)51(42-23-11-13-25-44(42)52)34-28-29-49-47(31-34)53-35-16-4-3-15-33(35)27-30-50(53)58-49/h3-32H,1-2H3. The summed E-state index contributed by atoms with van der Waals surface area (Å²) in [6, 6.07) is 67.5. The van der Waals surface area contributed by atoms with Gasteiger partial charge in [0.15, 0.2) is 0 Å². The molecule has 13 rings (SSSR count). The number of furan rings is 1. The van der Waals surface area contributed by atoms with Gasteiger partial charge in [-0.1, -0.05) is 172 Å². The van der Waals surface area contributed by atoms with Crippen LogP contribution in [-0.4, -0.2) is 0 Å². The molecule has 0 unspecified atom stereocenters. The van der Waals surface area contributed by atoms with Gasteiger partial charge in [-0.2, -0.15) is 0 Å². The molecule has 0 radical (unpaired) electrons. The first-order valence-corrected chi connectivity index (χ1v) is 20.3. The Morgan fingerprint density at radius 3 is 1.48 bits per heavy atom. The Kier molecular flexibility index (Phi) is 6.29. The van der Waals surface area contributed by atoms with E-state index in [1.807, 2.05) is 0 Å². The molecule has 0 spiro atoms. The molecule has 0 fully saturated rings. The summed E-state index contributed by atoms with van der Waals surface area (Å²) in [5.41, 5.74) is 12.2. The molecule has 1 heteroatoms. The van der Waals surface area contributed by atoms with Gasteiger partial charge < -0.3 is 4.42 Å². The minimum Gasteiger partial charge on any atom is -0.456 e. The highest BCUT2D eigenvalue weighted by Crippen LogP contribution is 2.58. The quantitative estimate of drug-likeness (QED) is 0.127. The van der Waals surface area contributed by atoms with Crippen molar-refractivity contribution in [2.24, 2.45) is 0 Å². The van der Waals surface area contributed by atoms with Crippen LogP contribution in [0, 0.1) is 0 Å². The average Bonchev–Trinajstić information content (AvgIpc) is 3.77. The summed E-state index contributed by atoms with van der Waals surface area (Å²) in [4.78, 5) is 0. The zero-order valence-electron chi connectivity index (χ0n) is 32.2. The lowest BCUT2D eigenvalue weighted by molar-refractivity contribution is 0.667. The number of hydrogen-bond acceptors (Lipinski definition) is 1. The predicted molar refractivity (Wildman–Crippen MR) is 247 cm³/mol. The molecule has 270 valence electrons. The normalized spacial score (nSPS) is 13.5. The monoisotopic (exact) mass is 736 g/mol. The van der Waals surface area contributed by atoms with Crippen molar-refractivity contribution in [1.29, 1.82) is 0 Å². The highest BCUT2D eigenvalue weighted by Gasteiger charge is 2.40. The van der Waals surface area contributed by atoms with Gasteiger partial charge in [-0.15, -0.1) is 0 Å². The first kappa shape index (κ1) is 31.9. The third-order valence-electron chi connectivity index (χ3n) is 13.4. The SMILES string of the molecule is CC1(C)c2cc(-c3c4ccccc4c(-c4ccc5oc6ccc7ccccc7c6c5c4)c4ccccc34)c3ccccc3c2-c2c1c1ccccc1c1ccccc21. The van der Waals surface area contributed by atoms with Crippen LogP contribution in [0.4, 0.5) is 0 Å². The highest BCUT2D eigenvalue weighted by atomic mass is 16.3. The molecule has 58 heavy (non-hydrogen) atoms. The van der Waals surface area contributed by atoms with Gasteiger partial charge in [-0.05, 0) is 133 Å². The summed E-state index contributed by atoms with van der Waals surface area (Å²) in [5, 5.41) is 17.7. The molecule has 1 aromatic heterocycles. The van der Waals surface area contributed by atoms with Crippen molar-refractivity contribution in [1.82, 2.24) is 0 Å². The highest BCUT2D eigenvalue weighted by molar-refractivity contribution is 6.27. The van der Waals surface area contributed by atoms with Crippen molar-refractivity contribution in [3.8, 4) is 33.4 Å². The molecule has 1 aliphatic carbocycles. The first-order valence-electron chi connectivity index (χ1n) is 20.3. The van der Waals surface area contributed by atoms with Crippen LogP contribution in [0.15, 0.2) is 186 Å². The second-order valence-corrected chi connectivity index (χ2v) is 16.7. The van der Waals surface area contributed by atoms with E-state index in [-0.39, 0.29) is 5.41 Å². The van der Waals surface area contributed by atoms with Crippen LogP contribution in [0.5, 0.6) is 0 Å². The van der Waals surface area contributed by atoms with Crippen molar-refractivity contribution in [3.63, 3.8) is 0 Å². The maximum atomic E-state index is 6.47. The molecule has 1 heterocycles. The van der Waals surface area contributed by atoms with Crippen molar-refractivity contribution in [2.45, 2.75) is 19.3 Å². The maximum absolute atomic E-state index is 6.47. The van der Waals surface area contributed by atoms with Crippen LogP contribution in [0.25, 0.3) is 120 Å². The van der Waals surface area contributed by atoms with E-state index in [0.29, 0.717) is 0 Å².